The number of benzene rings is 1. The van der Waals surface area contributed by atoms with E-state index in [2.05, 4.69) is 23.5 Å². The lowest BCUT2D eigenvalue weighted by molar-refractivity contribution is -0.129. The number of thiophene rings is 1. The van der Waals surface area contributed by atoms with E-state index in [4.69, 9.17) is 5.11 Å². The number of amides is 1. The largest absolute Gasteiger partial charge is 0.384 e. The molecule has 2 rings (SSSR count). The van der Waals surface area contributed by atoms with Gasteiger partial charge in [-0.05, 0) is 31.4 Å². The van der Waals surface area contributed by atoms with Gasteiger partial charge in [-0.3, -0.25) is 4.79 Å². The third-order valence-corrected chi connectivity index (χ3v) is 3.91. The lowest BCUT2D eigenvalue weighted by atomic mass is 10.2. The molecule has 17 heavy (non-hydrogen) atoms. The molecule has 1 heterocycles. The molecule has 1 aromatic heterocycles. The van der Waals surface area contributed by atoms with Crippen molar-refractivity contribution in [2.24, 2.45) is 0 Å². The minimum atomic E-state index is -0.966. The van der Waals surface area contributed by atoms with Crippen molar-refractivity contribution in [3.63, 3.8) is 0 Å². The molecule has 2 atom stereocenters. The smallest absolute Gasteiger partial charge is 0.249 e. The van der Waals surface area contributed by atoms with Crippen LogP contribution in [0.1, 0.15) is 24.8 Å². The number of rotatable bonds is 3. The Balaban J connectivity index is 2.19. The molecule has 0 saturated heterocycles. The molecule has 90 valence electrons. The SMILES string of the molecule is C[C@H](NC(=O)[C@@H](C)O)c1cc2ccccc2s1. The van der Waals surface area contributed by atoms with E-state index in [1.165, 1.54) is 17.0 Å². The van der Waals surface area contributed by atoms with E-state index in [0.29, 0.717) is 0 Å². The predicted molar refractivity (Wildman–Crippen MR) is 70.1 cm³/mol. The molecule has 0 spiro atoms. The summed E-state index contributed by atoms with van der Waals surface area (Å²) in [6.45, 7) is 3.39. The fraction of sp³-hybridized carbons (Fsp3) is 0.308. The maximum Gasteiger partial charge on any atom is 0.249 e. The fourth-order valence-corrected chi connectivity index (χ4v) is 2.69. The molecule has 4 heteroatoms. The van der Waals surface area contributed by atoms with Crippen LogP contribution < -0.4 is 5.32 Å². The van der Waals surface area contributed by atoms with Gasteiger partial charge in [-0.15, -0.1) is 11.3 Å². The molecule has 0 saturated carbocycles. The van der Waals surface area contributed by atoms with Crippen molar-refractivity contribution >= 4 is 27.3 Å². The molecule has 1 amide bonds. The van der Waals surface area contributed by atoms with Crippen LogP contribution in [0.5, 0.6) is 0 Å². The zero-order valence-corrected chi connectivity index (χ0v) is 10.6. The third-order valence-electron chi connectivity index (χ3n) is 2.61. The highest BCUT2D eigenvalue weighted by Gasteiger charge is 2.15. The summed E-state index contributed by atoms with van der Waals surface area (Å²) in [6.07, 6.45) is -0.966. The summed E-state index contributed by atoms with van der Waals surface area (Å²) in [5.74, 6) is -0.338. The van der Waals surface area contributed by atoms with Gasteiger partial charge in [0, 0.05) is 9.58 Å². The number of carbonyl (C=O) groups excluding carboxylic acids is 1. The molecular formula is C13H15NO2S. The van der Waals surface area contributed by atoms with E-state index in [1.54, 1.807) is 11.3 Å². The summed E-state index contributed by atoms with van der Waals surface area (Å²) >= 11 is 1.66. The summed E-state index contributed by atoms with van der Waals surface area (Å²) in [5.41, 5.74) is 0. The second-order valence-electron chi connectivity index (χ2n) is 4.09. The lowest BCUT2D eigenvalue weighted by Gasteiger charge is -2.13. The maximum absolute atomic E-state index is 11.4. The van der Waals surface area contributed by atoms with Crippen LogP contribution in [0.15, 0.2) is 30.3 Å². The summed E-state index contributed by atoms with van der Waals surface area (Å²) in [4.78, 5) is 12.5. The number of fused-ring (bicyclic) bond motifs is 1. The zero-order chi connectivity index (χ0) is 12.4. The van der Waals surface area contributed by atoms with Crippen LogP contribution >= 0.6 is 11.3 Å². The van der Waals surface area contributed by atoms with Gasteiger partial charge in [0.05, 0.1) is 6.04 Å². The normalized spacial score (nSPS) is 14.5. The van der Waals surface area contributed by atoms with Crippen LogP contribution in [0.2, 0.25) is 0 Å². The van der Waals surface area contributed by atoms with Gasteiger partial charge in [-0.2, -0.15) is 0 Å². The number of aliphatic hydroxyl groups excluding tert-OH is 1. The Morgan fingerprint density at radius 3 is 2.71 bits per heavy atom. The molecule has 0 fully saturated rings. The van der Waals surface area contributed by atoms with Gasteiger partial charge < -0.3 is 10.4 Å². The third kappa shape index (κ3) is 2.65. The first kappa shape index (κ1) is 12.1. The van der Waals surface area contributed by atoms with Gasteiger partial charge in [-0.1, -0.05) is 18.2 Å². The van der Waals surface area contributed by atoms with Gasteiger partial charge in [0.2, 0.25) is 5.91 Å². The molecule has 0 radical (unpaired) electrons. The highest BCUT2D eigenvalue weighted by atomic mass is 32.1. The predicted octanol–water partition coefficient (Wildman–Crippen LogP) is 2.46. The van der Waals surface area contributed by atoms with Crippen molar-refractivity contribution in [2.45, 2.75) is 26.0 Å². The number of nitrogens with one attached hydrogen (secondary N) is 1. The van der Waals surface area contributed by atoms with E-state index < -0.39 is 6.10 Å². The first-order valence-corrected chi connectivity index (χ1v) is 6.36. The van der Waals surface area contributed by atoms with E-state index in [9.17, 15) is 4.79 Å². The maximum atomic E-state index is 11.4. The highest BCUT2D eigenvalue weighted by Crippen LogP contribution is 2.29. The topological polar surface area (TPSA) is 49.3 Å². The molecule has 2 aromatic rings. The molecule has 0 bridgehead atoms. The Bertz CT molecular complexity index is 500. The first-order valence-electron chi connectivity index (χ1n) is 5.55. The summed E-state index contributed by atoms with van der Waals surface area (Å²) in [6, 6.07) is 10.1. The van der Waals surface area contributed by atoms with Gasteiger partial charge in [-0.25, -0.2) is 0 Å². The molecule has 0 unspecified atom stereocenters. The first-order chi connectivity index (χ1) is 8.08. The van der Waals surface area contributed by atoms with E-state index >= 15 is 0 Å². The average Bonchev–Trinajstić information content (AvgIpc) is 2.72. The standard InChI is InChI=1S/C13H15NO2S/c1-8(14-13(16)9(2)15)12-7-10-5-3-4-6-11(10)17-12/h3-9,15H,1-2H3,(H,14,16)/t8-,9+/m0/s1. The Labute approximate surface area is 104 Å². The van der Waals surface area contributed by atoms with Gasteiger partial charge in [0.1, 0.15) is 6.10 Å². The van der Waals surface area contributed by atoms with Crippen molar-refractivity contribution in [1.82, 2.24) is 5.32 Å². The monoisotopic (exact) mass is 249 g/mol. The summed E-state index contributed by atoms with van der Waals surface area (Å²) in [5, 5.41) is 13.1. The van der Waals surface area contributed by atoms with E-state index in [0.717, 1.165) is 4.88 Å². The molecule has 0 aliphatic rings. The molecular weight excluding hydrogens is 234 g/mol. The van der Waals surface area contributed by atoms with E-state index in [1.807, 2.05) is 19.1 Å². The van der Waals surface area contributed by atoms with Gasteiger partial charge in [0.15, 0.2) is 0 Å². The minimum absolute atomic E-state index is 0.0745. The van der Waals surface area contributed by atoms with Crippen LogP contribution in [-0.2, 0) is 4.79 Å². The van der Waals surface area contributed by atoms with Crippen LogP contribution in [0.3, 0.4) is 0 Å². The molecule has 3 nitrogen and oxygen atoms in total. The van der Waals surface area contributed by atoms with Crippen LogP contribution in [0, 0.1) is 0 Å². The number of aliphatic hydroxyl groups is 1. The second kappa shape index (κ2) is 4.85. The summed E-state index contributed by atoms with van der Waals surface area (Å²) in [7, 11) is 0. The molecule has 0 aliphatic carbocycles. The quantitative estimate of drug-likeness (QED) is 0.878. The Morgan fingerprint density at radius 2 is 2.06 bits per heavy atom. The fourth-order valence-electron chi connectivity index (χ4n) is 1.62. The number of carbonyl (C=O) groups is 1. The summed E-state index contributed by atoms with van der Waals surface area (Å²) < 4.78 is 1.21. The van der Waals surface area contributed by atoms with Gasteiger partial charge in [0.25, 0.3) is 0 Å². The van der Waals surface area contributed by atoms with Crippen molar-refractivity contribution in [2.75, 3.05) is 0 Å². The van der Waals surface area contributed by atoms with Crippen molar-refractivity contribution < 1.29 is 9.90 Å². The van der Waals surface area contributed by atoms with Crippen LogP contribution in [-0.4, -0.2) is 17.1 Å². The van der Waals surface area contributed by atoms with Crippen LogP contribution in [0.25, 0.3) is 10.1 Å². The Morgan fingerprint density at radius 1 is 1.35 bits per heavy atom. The Kier molecular flexibility index (Phi) is 3.45. The molecule has 2 N–H and O–H groups in total. The van der Waals surface area contributed by atoms with Crippen LogP contribution in [0.4, 0.5) is 0 Å². The van der Waals surface area contributed by atoms with Crippen molar-refractivity contribution in [3.8, 4) is 0 Å². The Hall–Kier alpha value is -1.39. The average molecular weight is 249 g/mol. The van der Waals surface area contributed by atoms with E-state index in [-0.39, 0.29) is 11.9 Å². The van der Waals surface area contributed by atoms with Crippen molar-refractivity contribution in [3.05, 3.63) is 35.2 Å². The van der Waals surface area contributed by atoms with Crippen molar-refractivity contribution in [1.29, 1.82) is 0 Å². The van der Waals surface area contributed by atoms with Gasteiger partial charge >= 0.3 is 0 Å². The molecule has 1 aromatic carbocycles. The number of hydrogen-bond donors (Lipinski definition) is 2. The second-order valence-corrected chi connectivity index (χ2v) is 5.21. The lowest BCUT2D eigenvalue weighted by Crippen LogP contribution is -2.34. The minimum Gasteiger partial charge on any atom is -0.384 e. The number of hydrogen-bond acceptors (Lipinski definition) is 3. The highest BCUT2D eigenvalue weighted by molar-refractivity contribution is 7.19. The molecule has 0 aliphatic heterocycles. The zero-order valence-electron chi connectivity index (χ0n) is 9.81.